The fourth-order valence-corrected chi connectivity index (χ4v) is 6.48. The van der Waals surface area contributed by atoms with Crippen LogP contribution >= 0.6 is 0 Å². The summed E-state index contributed by atoms with van der Waals surface area (Å²) in [6.07, 6.45) is 6.96. The molecular formula is C38H47N3O6. The molecule has 3 aromatic rings. The summed E-state index contributed by atoms with van der Waals surface area (Å²) in [5, 5.41) is 14.9. The normalized spacial score (nSPS) is 19.8. The van der Waals surface area contributed by atoms with Gasteiger partial charge in [-0.1, -0.05) is 91.7 Å². The van der Waals surface area contributed by atoms with E-state index in [9.17, 15) is 14.7 Å². The van der Waals surface area contributed by atoms with Crippen molar-refractivity contribution in [3.63, 3.8) is 0 Å². The largest absolute Gasteiger partial charge is 0.465 e. The molecule has 1 aliphatic carbocycles. The second-order valence-corrected chi connectivity index (χ2v) is 12.2. The second kappa shape index (κ2) is 17.2. The molecule has 0 aromatic heterocycles. The predicted octanol–water partition coefficient (Wildman–Crippen LogP) is 6.18. The predicted molar refractivity (Wildman–Crippen MR) is 181 cm³/mol. The number of nitrogens with zero attached hydrogens (tertiary/aromatic N) is 1. The third-order valence-electron chi connectivity index (χ3n) is 8.91. The van der Waals surface area contributed by atoms with Crippen LogP contribution in [0.15, 0.2) is 85.5 Å². The fourth-order valence-electron chi connectivity index (χ4n) is 6.48. The third-order valence-corrected chi connectivity index (χ3v) is 8.91. The Morgan fingerprint density at radius 2 is 1.70 bits per heavy atom. The molecule has 2 aliphatic rings. The van der Waals surface area contributed by atoms with E-state index in [2.05, 4.69) is 34.2 Å². The van der Waals surface area contributed by atoms with Gasteiger partial charge in [-0.05, 0) is 47.6 Å². The smallest absolute Gasteiger partial charge is 0.325 e. The highest BCUT2D eigenvalue weighted by Gasteiger charge is 2.34. The van der Waals surface area contributed by atoms with E-state index in [0.29, 0.717) is 12.6 Å². The number of rotatable bonds is 14. The number of carbonyl (C=O) groups is 2. The second-order valence-electron chi connectivity index (χ2n) is 12.2. The van der Waals surface area contributed by atoms with Gasteiger partial charge in [0.05, 0.1) is 25.4 Å². The molecule has 1 heterocycles. The molecule has 3 aromatic carbocycles. The minimum Gasteiger partial charge on any atom is -0.465 e. The van der Waals surface area contributed by atoms with Crippen LogP contribution < -0.4 is 10.6 Å². The summed E-state index contributed by atoms with van der Waals surface area (Å²) in [6, 6.07) is 24.2. The van der Waals surface area contributed by atoms with Gasteiger partial charge in [-0.25, -0.2) is 4.79 Å². The standard InChI is InChI=1S/C38H47N3O6/c1-3-21-41(32-10-6-7-11-32)25-33-22-35(29-15-13-27(26-42)14-16-29)47-37(46-33)30-19-17-28(18-20-30)34-12-8-5-9-31(34)23-39-38(44)40-24-36(43)45-4-2/h3,5,8-9,12-20,32-33,35,37,42H,1,4,6-7,10-11,21-26H2,2H3,(H2,39,40,44). The van der Waals surface area contributed by atoms with Crippen LogP contribution in [0.3, 0.4) is 0 Å². The van der Waals surface area contributed by atoms with Crippen LogP contribution in [-0.2, 0) is 32.2 Å². The first-order chi connectivity index (χ1) is 23.0. The van der Waals surface area contributed by atoms with E-state index in [0.717, 1.165) is 52.9 Å². The Bertz CT molecular complexity index is 1450. The zero-order valence-corrected chi connectivity index (χ0v) is 27.2. The molecule has 0 spiro atoms. The first kappa shape index (κ1) is 34.3. The van der Waals surface area contributed by atoms with Gasteiger partial charge in [0.15, 0.2) is 6.29 Å². The first-order valence-corrected chi connectivity index (χ1v) is 16.7. The van der Waals surface area contributed by atoms with Crippen molar-refractivity contribution < 1.29 is 28.9 Å². The van der Waals surface area contributed by atoms with E-state index in [1.54, 1.807) is 6.92 Å². The van der Waals surface area contributed by atoms with Gasteiger partial charge in [0.25, 0.3) is 0 Å². The average Bonchev–Trinajstić information content (AvgIpc) is 3.65. The molecule has 3 unspecified atom stereocenters. The maximum Gasteiger partial charge on any atom is 0.325 e. The quantitative estimate of drug-likeness (QED) is 0.142. The molecule has 47 heavy (non-hydrogen) atoms. The highest BCUT2D eigenvalue weighted by molar-refractivity contribution is 5.81. The monoisotopic (exact) mass is 641 g/mol. The Labute approximate surface area is 277 Å². The molecule has 1 saturated heterocycles. The minimum atomic E-state index is -0.542. The molecule has 5 rings (SSSR count). The van der Waals surface area contributed by atoms with Crippen molar-refractivity contribution in [2.45, 2.75) is 76.7 Å². The van der Waals surface area contributed by atoms with Crippen molar-refractivity contribution in [2.75, 3.05) is 26.2 Å². The maximum atomic E-state index is 12.3. The zero-order chi connectivity index (χ0) is 33.0. The van der Waals surface area contributed by atoms with Gasteiger partial charge in [0, 0.05) is 37.7 Å². The summed E-state index contributed by atoms with van der Waals surface area (Å²) < 4.78 is 18.1. The number of aliphatic hydroxyl groups is 1. The maximum absolute atomic E-state index is 12.3. The van der Waals surface area contributed by atoms with E-state index in [-0.39, 0.29) is 32.0 Å². The number of aliphatic hydroxyl groups excluding tert-OH is 1. The van der Waals surface area contributed by atoms with Crippen LogP contribution in [0.25, 0.3) is 11.1 Å². The highest BCUT2D eigenvalue weighted by Crippen LogP contribution is 2.39. The van der Waals surface area contributed by atoms with Crippen molar-refractivity contribution in [3.8, 4) is 11.1 Å². The Morgan fingerprint density at radius 1 is 0.979 bits per heavy atom. The van der Waals surface area contributed by atoms with E-state index >= 15 is 0 Å². The molecule has 1 saturated carbocycles. The topological polar surface area (TPSA) is 109 Å². The SMILES string of the molecule is C=CCN(CC1CC(c2ccc(CO)cc2)OC(c2ccc(-c3ccccc3CNC(=O)NCC(=O)OCC)cc2)O1)C1CCCC1. The molecule has 3 atom stereocenters. The molecule has 0 radical (unpaired) electrons. The molecule has 2 fully saturated rings. The first-order valence-electron chi connectivity index (χ1n) is 16.7. The number of nitrogens with one attached hydrogen (secondary N) is 2. The van der Waals surface area contributed by atoms with Crippen LogP contribution in [0.2, 0.25) is 0 Å². The molecule has 0 bridgehead atoms. The van der Waals surface area contributed by atoms with Crippen LogP contribution in [0, 0.1) is 0 Å². The summed E-state index contributed by atoms with van der Waals surface area (Å²) in [6.45, 7) is 7.77. The Balaban J connectivity index is 1.30. The van der Waals surface area contributed by atoms with Gasteiger partial charge in [-0.3, -0.25) is 9.69 Å². The van der Waals surface area contributed by atoms with Crippen LogP contribution in [0.5, 0.6) is 0 Å². The molecule has 3 N–H and O–H groups in total. The molecule has 1 aliphatic heterocycles. The van der Waals surface area contributed by atoms with Crippen molar-refractivity contribution in [1.29, 1.82) is 0 Å². The van der Waals surface area contributed by atoms with Crippen molar-refractivity contribution in [2.24, 2.45) is 0 Å². The Morgan fingerprint density at radius 3 is 2.40 bits per heavy atom. The fraction of sp³-hybridized carbons (Fsp3) is 0.421. The Hall–Kier alpha value is -4.02. The van der Waals surface area contributed by atoms with Gasteiger partial charge in [0.1, 0.15) is 6.54 Å². The van der Waals surface area contributed by atoms with Gasteiger partial charge in [0.2, 0.25) is 0 Å². The molecule has 9 nitrogen and oxygen atoms in total. The number of hydrogen-bond acceptors (Lipinski definition) is 7. The summed E-state index contributed by atoms with van der Waals surface area (Å²) in [5.74, 6) is -0.478. The number of ether oxygens (including phenoxy) is 3. The van der Waals surface area contributed by atoms with Gasteiger partial charge in [-0.15, -0.1) is 6.58 Å². The number of esters is 1. The number of urea groups is 1. The summed E-state index contributed by atoms with van der Waals surface area (Å²) in [7, 11) is 0. The van der Waals surface area contributed by atoms with Gasteiger partial charge >= 0.3 is 12.0 Å². The van der Waals surface area contributed by atoms with E-state index in [1.807, 2.05) is 66.7 Å². The van der Waals surface area contributed by atoms with Crippen molar-refractivity contribution >= 4 is 12.0 Å². The van der Waals surface area contributed by atoms with E-state index < -0.39 is 18.3 Å². The van der Waals surface area contributed by atoms with Crippen molar-refractivity contribution in [3.05, 3.63) is 108 Å². The summed E-state index contributed by atoms with van der Waals surface area (Å²) in [5.41, 5.74) is 5.81. The van der Waals surface area contributed by atoms with Crippen LogP contribution in [0.1, 0.15) is 73.7 Å². The van der Waals surface area contributed by atoms with E-state index in [1.165, 1.54) is 25.7 Å². The lowest BCUT2D eigenvalue weighted by Crippen LogP contribution is -2.43. The number of benzene rings is 3. The lowest BCUT2D eigenvalue weighted by molar-refractivity contribution is -0.253. The number of hydrogen-bond donors (Lipinski definition) is 3. The summed E-state index contributed by atoms with van der Waals surface area (Å²) in [4.78, 5) is 26.4. The molecular weight excluding hydrogens is 594 g/mol. The number of amides is 2. The van der Waals surface area contributed by atoms with Gasteiger partial charge in [-0.2, -0.15) is 0 Å². The highest BCUT2D eigenvalue weighted by atomic mass is 16.7. The summed E-state index contributed by atoms with van der Waals surface area (Å²) >= 11 is 0. The Kier molecular flexibility index (Phi) is 12.6. The molecule has 250 valence electrons. The zero-order valence-electron chi connectivity index (χ0n) is 27.2. The molecule has 9 heteroatoms. The lowest BCUT2D eigenvalue weighted by atomic mass is 9.97. The number of carbonyl (C=O) groups excluding carboxylic acids is 2. The van der Waals surface area contributed by atoms with Crippen molar-refractivity contribution in [1.82, 2.24) is 15.5 Å². The minimum absolute atomic E-state index is 0.00624. The third kappa shape index (κ3) is 9.51. The van der Waals surface area contributed by atoms with E-state index in [4.69, 9.17) is 14.2 Å². The van der Waals surface area contributed by atoms with Crippen LogP contribution in [-0.4, -0.2) is 60.4 Å². The van der Waals surface area contributed by atoms with Gasteiger partial charge < -0.3 is 30.0 Å². The average molecular weight is 642 g/mol. The lowest BCUT2D eigenvalue weighted by Gasteiger charge is -2.39. The molecule has 2 amide bonds. The van der Waals surface area contributed by atoms with Crippen LogP contribution in [0.4, 0.5) is 4.79 Å².